The zero-order valence-corrected chi connectivity index (χ0v) is 17.1. The van der Waals surface area contributed by atoms with Crippen LogP contribution < -0.4 is 10.4 Å². The lowest BCUT2D eigenvalue weighted by Crippen LogP contribution is -2.34. The molecule has 6 nitrogen and oxygen atoms in total. The second kappa shape index (κ2) is 8.63. The third-order valence-corrected chi connectivity index (χ3v) is 5.80. The number of hydrogen-bond donors (Lipinski definition) is 0. The highest BCUT2D eigenvalue weighted by atomic mass is 16.6. The van der Waals surface area contributed by atoms with Gasteiger partial charge in [0.15, 0.2) is 0 Å². The predicted octanol–water partition coefficient (Wildman–Crippen LogP) is 2.88. The Hall–Kier alpha value is -2.62. The molecule has 2 fully saturated rings. The molecule has 2 aliphatic heterocycles. The molecule has 0 amide bonds. The SMILES string of the molecule is O=c1nc(OCC2COCCO2)cc2n1CCCC1=C2C=CC(C#CC2CC2)=CC1. The fourth-order valence-corrected chi connectivity index (χ4v) is 3.97. The van der Waals surface area contributed by atoms with Gasteiger partial charge in [0.25, 0.3) is 0 Å². The van der Waals surface area contributed by atoms with E-state index in [1.54, 1.807) is 4.57 Å². The van der Waals surface area contributed by atoms with Crippen molar-refractivity contribution >= 4 is 5.57 Å². The molecule has 5 rings (SSSR count). The van der Waals surface area contributed by atoms with E-state index in [9.17, 15) is 4.79 Å². The molecule has 0 radical (unpaired) electrons. The maximum atomic E-state index is 12.7. The Morgan fingerprint density at radius 1 is 1.27 bits per heavy atom. The molecule has 0 N–H and O–H groups in total. The van der Waals surface area contributed by atoms with Crippen LogP contribution in [-0.4, -0.2) is 42.1 Å². The Morgan fingerprint density at radius 3 is 3.03 bits per heavy atom. The van der Waals surface area contributed by atoms with Crippen molar-refractivity contribution in [2.75, 3.05) is 26.4 Å². The van der Waals surface area contributed by atoms with Crippen LogP contribution in [0.2, 0.25) is 0 Å². The molecule has 1 atom stereocenters. The van der Waals surface area contributed by atoms with Gasteiger partial charge >= 0.3 is 5.69 Å². The minimum atomic E-state index is -0.267. The van der Waals surface area contributed by atoms with Crippen LogP contribution in [0.4, 0.5) is 0 Å². The van der Waals surface area contributed by atoms with Crippen molar-refractivity contribution in [3.05, 3.63) is 51.6 Å². The molecule has 1 aromatic heterocycles. The zero-order chi connectivity index (χ0) is 20.3. The average Bonchev–Trinajstić information content (AvgIpc) is 3.60. The van der Waals surface area contributed by atoms with Crippen molar-refractivity contribution in [2.24, 2.45) is 5.92 Å². The third kappa shape index (κ3) is 4.43. The summed E-state index contributed by atoms with van der Waals surface area (Å²) >= 11 is 0. The van der Waals surface area contributed by atoms with Gasteiger partial charge in [0, 0.05) is 24.1 Å². The number of nitrogens with zero attached hydrogens (tertiary/aromatic N) is 2. The molecular formula is C24H26N2O4. The topological polar surface area (TPSA) is 62.6 Å². The van der Waals surface area contributed by atoms with Crippen molar-refractivity contribution < 1.29 is 14.2 Å². The highest BCUT2D eigenvalue weighted by molar-refractivity contribution is 5.77. The molecule has 1 unspecified atom stereocenters. The highest BCUT2D eigenvalue weighted by Gasteiger charge is 2.21. The standard InChI is InChI=1S/C24H26N2O4/c27-24-25-23(30-16-20-15-28-12-13-29-20)14-22-21-10-8-18(6-5-17-3-4-17)7-9-19(21)2-1-11-26(22)24/h7-8,10,14,17,20H,1-4,9,11-13,15-16H2. The molecule has 4 aliphatic rings. The number of allylic oxidation sites excluding steroid dienone is 6. The van der Waals surface area contributed by atoms with Gasteiger partial charge in [0.05, 0.1) is 25.5 Å². The molecular weight excluding hydrogens is 380 g/mol. The first-order valence-corrected chi connectivity index (χ1v) is 10.8. The van der Waals surface area contributed by atoms with Crippen molar-refractivity contribution in [3.8, 4) is 17.7 Å². The Bertz CT molecular complexity index is 1030. The molecule has 1 aromatic rings. The van der Waals surface area contributed by atoms with Gasteiger partial charge in [0.2, 0.25) is 5.88 Å². The Labute approximate surface area is 176 Å². The van der Waals surface area contributed by atoms with Crippen molar-refractivity contribution in [1.82, 2.24) is 9.55 Å². The monoisotopic (exact) mass is 406 g/mol. The van der Waals surface area contributed by atoms with E-state index in [-0.39, 0.29) is 11.8 Å². The van der Waals surface area contributed by atoms with Gasteiger partial charge in [-0.15, -0.1) is 0 Å². The van der Waals surface area contributed by atoms with Gasteiger partial charge in [0.1, 0.15) is 12.7 Å². The van der Waals surface area contributed by atoms with Crippen molar-refractivity contribution in [2.45, 2.75) is 44.8 Å². The van der Waals surface area contributed by atoms with Crippen LogP contribution in [0.3, 0.4) is 0 Å². The molecule has 30 heavy (non-hydrogen) atoms. The minimum absolute atomic E-state index is 0.133. The van der Waals surface area contributed by atoms with Gasteiger partial charge in [-0.2, -0.15) is 4.98 Å². The van der Waals surface area contributed by atoms with E-state index < -0.39 is 0 Å². The first kappa shape index (κ1) is 19.3. The zero-order valence-electron chi connectivity index (χ0n) is 17.1. The number of hydrogen-bond acceptors (Lipinski definition) is 5. The quantitative estimate of drug-likeness (QED) is 0.723. The number of aromatic nitrogens is 2. The molecule has 0 spiro atoms. The maximum Gasteiger partial charge on any atom is 0.351 e. The average molecular weight is 406 g/mol. The first-order chi connectivity index (χ1) is 14.8. The summed E-state index contributed by atoms with van der Waals surface area (Å²) in [6.45, 7) is 2.66. The van der Waals surface area contributed by atoms with Crippen molar-refractivity contribution in [3.63, 3.8) is 0 Å². The smallest absolute Gasteiger partial charge is 0.351 e. The molecule has 0 bridgehead atoms. The van der Waals surface area contributed by atoms with Gasteiger partial charge in [-0.1, -0.05) is 29.6 Å². The first-order valence-electron chi connectivity index (χ1n) is 10.8. The van der Waals surface area contributed by atoms with Crippen LogP contribution in [0.1, 0.15) is 37.8 Å². The summed E-state index contributed by atoms with van der Waals surface area (Å²) in [5.41, 5.74) is 4.09. The van der Waals surface area contributed by atoms with Gasteiger partial charge in [-0.05, 0) is 43.8 Å². The highest BCUT2D eigenvalue weighted by Crippen LogP contribution is 2.33. The summed E-state index contributed by atoms with van der Waals surface area (Å²) in [5.74, 6) is 7.58. The van der Waals surface area contributed by atoms with E-state index in [0.29, 0.717) is 44.8 Å². The summed E-state index contributed by atoms with van der Waals surface area (Å²) in [6.07, 6.45) is 11.5. The van der Waals surface area contributed by atoms with E-state index in [4.69, 9.17) is 14.2 Å². The van der Waals surface area contributed by atoms with Crippen LogP contribution in [0.5, 0.6) is 5.88 Å². The maximum absolute atomic E-state index is 12.7. The van der Waals surface area contributed by atoms with E-state index in [1.165, 1.54) is 18.4 Å². The number of rotatable bonds is 3. The van der Waals surface area contributed by atoms with E-state index in [2.05, 4.69) is 35.1 Å². The third-order valence-electron chi connectivity index (χ3n) is 5.80. The van der Waals surface area contributed by atoms with Gasteiger partial charge in [-0.3, -0.25) is 4.57 Å². The second-order valence-electron chi connectivity index (χ2n) is 8.15. The summed E-state index contributed by atoms with van der Waals surface area (Å²) in [4.78, 5) is 16.9. The second-order valence-corrected chi connectivity index (χ2v) is 8.15. The lowest BCUT2D eigenvalue weighted by atomic mass is 9.99. The van der Waals surface area contributed by atoms with Crippen LogP contribution in [0.15, 0.2) is 40.2 Å². The summed E-state index contributed by atoms with van der Waals surface area (Å²) in [6, 6.07) is 1.89. The Balaban J connectivity index is 1.41. The fourth-order valence-electron chi connectivity index (χ4n) is 3.97. The molecule has 3 heterocycles. The minimum Gasteiger partial charge on any atom is -0.475 e. The summed E-state index contributed by atoms with van der Waals surface area (Å²) < 4.78 is 18.6. The molecule has 156 valence electrons. The Kier molecular flexibility index (Phi) is 5.56. The molecule has 6 heteroatoms. The predicted molar refractivity (Wildman–Crippen MR) is 113 cm³/mol. The number of fused-ring (bicyclic) bond motifs is 2. The van der Waals surface area contributed by atoms with E-state index in [0.717, 1.165) is 36.1 Å². The van der Waals surface area contributed by atoms with Gasteiger partial charge < -0.3 is 14.2 Å². The lowest BCUT2D eigenvalue weighted by molar-refractivity contribution is -0.102. The normalized spacial score (nSPS) is 23.3. The Morgan fingerprint density at radius 2 is 2.20 bits per heavy atom. The van der Waals surface area contributed by atoms with Crippen LogP contribution in [-0.2, 0) is 16.0 Å². The largest absolute Gasteiger partial charge is 0.475 e. The fraction of sp³-hybridized carbons (Fsp3) is 0.500. The van der Waals surface area contributed by atoms with Crippen LogP contribution in [0.25, 0.3) is 5.57 Å². The van der Waals surface area contributed by atoms with E-state index in [1.807, 2.05) is 6.07 Å². The summed E-state index contributed by atoms with van der Waals surface area (Å²) in [5, 5.41) is 0. The number of ether oxygens (including phenoxy) is 3. The van der Waals surface area contributed by atoms with Gasteiger partial charge in [-0.25, -0.2) is 4.79 Å². The van der Waals surface area contributed by atoms with E-state index >= 15 is 0 Å². The molecule has 1 saturated carbocycles. The molecule has 1 saturated heterocycles. The summed E-state index contributed by atoms with van der Waals surface area (Å²) in [7, 11) is 0. The lowest BCUT2D eigenvalue weighted by Gasteiger charge is -2.23. The molecule has 0 aromatic carbocycles. The molecule has 2 aliphatic carbocycles. The van der Waals surface area contributed by atoms with Crippen LogP contribution in [0, 0.1) is 17.8 Å². The van der Waals surface area contributed by atoms with Crippen molar-refractivity contribution in [1.29, 1.82) is 0 Å². The van der Waals surface area contributed by atoms with Crippen LogP contribution >= 0.6 is 0 Å².